The monoisotopic (exact) mass is 214 g/mol. The molecule has 0 bridgehead atoms. The van der Waals surface area contributed by atoms with Crippen LogP contribution in [-0.2, 0) is 4.74 Å². The van der Waals surface area contributed by atoms with Crippen LogP contribution in [0.15, 0.2) is 0 Å². The van der Waals surface area contributed by atoms with Gasteiger partial charge in [0.05, 0.1) is 19.8 Å². The maximum absolute atomic E-state index is 9.43. The van der Waals surface area contributed by atoms with Crippen LogP contribution in [0.2, 0.25) is 0 Å². The van der Waals surface area contributed by atoms with Crippen molar-refractivity contribution in [2.45, 2.75) is 30.8 Å². The average molecular weight is 214 g/mol. The van der Waals surface area contributed by atoms with Crippen molar-refractivity contribution in [3.8, 4) is 0 Å². The molecule has 1 aliphatic carbocycles. The van der Waals surface area contributed by atoms with Crippen molar-refractivity contribution < 1.29 is 9.84 Å². The maximum Gasteiger partial charge on any atom is 0.0613 e. The van der Waals surface area contributed by atoms with Crippen LogP contribution in [-0.4, -0.2) is 61.5 Å². The summed E-state index contributed by atoms with van der Waals surface area (Å²) < 4.78 is 5.36. The summed E-state index contributed by atoms with van der Waals surface area (Å²) in [5, 5.41) is 12.7. The Kier molecular flexibility index (Phi) is 3.61. The number of ether oxygens (including phenoxy) is 1. The fraction of sp³-hybridized carbons (Fsp3) is 1.00. The first-order valence-corrected chi connectivity index (χ1v) is 5.91. The van der Waals surface area contributed by atoms with E-state index in [9.17, 15) is 5.11 Å². The standard InChI is InChI=1S/C11H22N2O2/c1-12-11(9-14)3-2-10(8-11)13-4-6-15-7-5-13/h10,12,14H,2-9H2,1H3. The van der Waals surface area contributed by atoms with Gasteiger partial charge in [0.2, 0.25) is 0 Å². The minimum Gasteiger partial charge on any atom is -0.394 e. The molecule has 0 radical (unpaired) electrons. The lowest BCUT2D eigenvalue weighted by molar-refractivity contribution is 0.0153. The van der Waals surface area contributed by atoms with Gasteiger partial charge in [-0.15, -0.1) is 0 Å². The first kappa shape index (κ1) is 11.3. The summed E-state index contributed by atoms with van der Waals surface area (Å²) in [6.07, 6.45) is 3.35. The predicted molar refractivity (Wildman–Crippen MR) is 58.9 cm³/mol. The number of nitrogens with zero attached hydrogens (tertiary/aromatic N) is 1. The summed E-state index contributed by atoms with van der Waals surface area (Å²) in [6.45, 7) is 4.08. The van der Waals surface area contributed by atoms with E-state index in [0.717, 1.165) is 39.1 Å². The van der Waals surface area contributed by atoms with Crippen LogP contribution in [0.3, 0.4) is 0 Å². The van der Waals surface area contributed by atoms with Crippen molar-refractivity contribution in [2.24, 2.45) is 0 Å². The molecule has 88 valence electrons. The molecule has 2 N–H and O–H groups in total. The lowest BCUT2D eigenvalue weighted by Gasteiger charge is -2.34. The van der Waals surface area contributed by atoms with E-state index < -0.39 is 0 Å². The molecule has 2 fully saturated rings. The van der Waals surface area contributed by atoms with Gasteiger partial charge < -0.3 is 15.2 Å². The quantitative estimate of drug-likeness (QED) is 0.684. The lowest BCUT2D eigenvalue weighted by Crippen LogP contribution is -2.48. The molecule has 1 saturated heterocycles. The molecule has 2 atom stereocenters. The van der Waals surface area contributed by atoms with Gasteiger partial charge in [0.1, 0.15) is 0 Å². The first-order valence-electron chi connectivity index (χ1n) is 5.91. The molecule has 0 spiro atoms. The highest BCUT2D eigenvalue weighted by Crippen LogP contribution is 2.32. The number of morpholine rings is 1. The van der Waals surface area contributed by atoms with E-state index in [1.807, 2.05) is 7.05 Å². The summed E-state index contributed by atoms with van der Waals surface area (Å²) in [5.41, 5.74) is -0.0248. The highest BCUT2D eigenvalue weighted by Gasteiger charge is 2.39. The maximum atomic E-state index is 9.43. The van der Waals surface area contributed by atoms with Gasteiger partial charge in [-0.3, -0.25) is 4.90 Å². The smallest absolute Gasteiger partial charge is 0.0613 e. The molecular weight excluding hydrogens is 192 g/mol. The Labute approximate surface area is 91.6 Å². The average Bonchev–Trinajstić information content (AvgIpc) is 2.75. The molecule has 1 heterocycles. The molecular formula is C11H22N2O2. The summed E-state index contributed by atoms with van der Waals surface area (Å²) in [4.78, 5) is 2.51. The van der Waals surface area contributed by atoms with Crippen molar-refractivity contribution in [2.75, 3.05) is 40.0 Å². The van der Waals surface area contributed by atoms with E-state index in [1.165, 1.54) is 6.42 Å². The lowest BCUT2D eigenvalue weighted by atomic mass is 9.99. The van der Waals surface area contributed by atoms with Gasteiger partial charge in [-0.05, 0) is 26.3 Å². The van der Waals surface area contributed by atoms with Crippen LogP contribution >= 0.6 is 0 Å². The van der Waals surface area contributed by atoms with E-state index in [0.29, 0.717) is 6.04 Å². The second-order valence-corrected chi connectivity index (χ2v) is 4.73. The number of aliphatic hydroxyl groups is 1. The Morgan fingerprint density at radius 1 is 1.47 bits per heavy atom. The van der Waals surface area contributed by atoms with Crippen molar-refractivity contribution in [1.29, 1.82) is 0 Å². The highest BCUT2D eigenvalue weighted by atomic mass is 16.5. The number of hydrogen-bond donors (Lipinski definition) is 2. The van der Waals surface area contributed by atoms with Gasteiger partial charge in [-0.1, -0.05) is 0 Å². The third kappa shape index (κ3) is 2.33. The Balaban J connectivity index is 1.90. The van der Waals surface area contributed by atoms with E-state index in [4.69, 9.17) is 4.74 Å². The second-order valence-electron chi connectivity index (χ2n) is 4.73. The van der Waals surface area contributed by atoms with Crippen molar-refractivity contribution in [3.05, 3.63) is 0 Å². The molecule has 0 amide bonds. The van der Waals surface area contributed by atoms with Crippen molar-refractivity contribution >= 4 is 0 Å². The second kappa shape index (κ2) is 4.78. The molecule has 0 aromatic carbocycles. The van der Waals surface area contributed by atoms with Crippen LogP contribution in [0, 0.1) is 0 Å². The van der Waals surface area contributed by atoms with E-state index in [-0.39, 0.29) is 12.1 Å². The van der Waals surface area contributed by atoms with Gasteiger partial charge in [0, 0.05) is 24.7 Å². The zero-order chi connectivity index (χ0) is 10.7. The zero-order valence-corrected chi connectivity index (χ0v) is 9.54. The number of nitrogens with one attached hydrogen (secondary N) is 1. The van der Waals surface area contributed by atoms with E-state index >= 15 is 0 Å². The molecule has 0 aromatic heterocycles. The van der Waals surface area contributed by atoms with Crippen LogP contribution in [0.1, 0.15) is 19.3 Å². The molecule has 0 aromatic rings. The third-order valence-corrected chi connectivity index (χ3v) is 3.98. The molecule has 2 aliphatic rings. The number of rotatable bonds is 3. The van der Waals surface area contributed by atoms with Crippen LogP contribution in [0.4, 0.5) is 0 Å². The number of likely N-dealkylation sites (N-methyl/N-ethyl adjacent to an activating group) is 1. The summed E-state index contributed by atoms with van der Waals surface area (Å²) >= 11 is 0. The molecule has 1 saturated carbocycles. The minimum absolute atomic E-state index is 0.0248. The zero-order valence-electron chi connectivity index (χ0n) is 9.54. The topological polar surface area (TPSA) is 44.7 Å². The Morgan fingerprint density at radius 3 is 2.73 bits per heavy atom. The molecule has 15 heavy (non-hydrogen) atoms. The van der Waals surface area contributed by atoms with Crippen LogP contribution < -0.4 is 5.32 Å². The predicted octanol–water partition coefficient (Wildman–Crippen LogP) is -0.178. The summed E-state index contributed by atoms with van der Waals surface area (Å²) in [5.74, 6) is 0. The fourth-order valence-electron chi connectivity index (χ4n) is 2.80. The van der Waals surface area contributed by atoms with Gasteiger partial charge in [0.15, 0.2) is 0 Å². The van der Waals surface area contributed by atoms with Gasteiger partial charge in [-0.25, -0.2) is 0 Å². The fourth-order valence-corrected chi connectivity index (χ4v) is 2.80. The summed E-state index contributed by atoms with van der Waals surface area (Å²) in [6, 6.07) is 0.633. The molecule has 2 rings (SSSR count). The SMILES string of the molecule is CNC1(CO)CCC(N2CCOCC2)C1. The normalized spacial score (nSPS) is 38.4. The van der Waals surface area contributed by atoms with Gasteiger partial charge in [-0.2, -0.15) is 0 Å². The molecule has 1 aliphatic heterocycles. The van der Waals surface area contributed by atoms with Gasteiger partial charge in [0.25, 0.3) is 0 Å². The van der Waals surface area contributed by atoms with E-state index in [2.05, 4.69) is 10.2 Å². The molecule has 4 nitrogen and oxygen atoms in total. The third-order valence-electron chi connectivity index (χ3n) is 3.98. The number of aliphatic hydroxyl groups excluding tert-OH is 1. The van der Waals surface area contributed by atoms with Gasteiger partial charge >= 0.3 is 0 Å². The summed E-state index contributed by atoms with van der Waals surface area (Å²) in [7, 11) is 1.96. The minimum atomic E-state index is -0.0248. The van der Waals surface area contributed by atoms with Crippen molar-refractivity contribution in [1.82, 2.24) is 10.2 Å². The largest absolute Gasteiger partial charge is 0.394 e. The highest BCUT2D eigenvalue weighted by molar-refractivity contribution is 4.98. The van der Waals surface area contributed by atoms with Crippen molar-refractivity contribution in [3.63, 3.8) is 0 Å². The number of hydrogen-bond acceptors (Lipinski definition) is 4. The molecule has 2 unspecified atom stereocenters. The molecule has 4 heteroatoms. The van der Waals surface area contributed by atoms with Crippen LogP contribution in [0.25, 0.3) is 0 Å². The van der Waals surface area contributed by atoms with E-state index in [1.54, 1.807) is 0 Å². The Bertz CT molecular complexity index is 201. The first-order chi connectivity index (χ1) is 7.29. The Hall–Kier alpha value is -0.160. The Morgan fingerprint density at radius 2 is 2.20 bits per heavy atom. The van der Waals surface area contributed by atoms with Crippen LogP contribution in [0.5, 0.6) is 0 Å².